The van der Waals surface area contributed by atoms with Crippen LogP contribution in [0.4, 0.5) is 5.69 Å². The van der Waals surface area contributed by atoms with E-state index < -0.39 is 10.0 Å². The van der Waals surface area contributed by atoms with Crippen molar-refractivity contribution >= 4 is 32.8 Å². The molecule has 0 amide bonds. The fourth-order valence-corrected chi connectivity index (χ4v) is 5.19. The largest absolute Gasteiger partial charge is 0.497 e. The van der Waals surface area contributed by atoms with Crippen LogP contribution in [0.3, 0.4) is 0 Å². The van der Waals surface area contributed by atoms with Crippen LogP contribution in [0.1, 0.15) is 28.7 Å². The molecule has 23 heavy (non-hydrogen) atoms. The Labute approximate surface area is 138 Å². The summed E-state index contributed by atoms with van der Waals surface area (Å²) in [6.45, 7) is 2.05. The third kappa shape index (κ3) is 2.72. The number of thiazole rings is 1. The van der Waals surface area contributed by atoms with Gasteiger partial charge in [-0.3, -0.25) is 9.10 Å². The molecule has 122 valence electrons. The number of nitrogens with zero attached hydrogens (tertiary/aromatic N) is 2. The van der Waals surface area contributed by atoms with Crippen LogP contribution >= 0.6 is 11.3 Å². The number of benzene rings is 1. The second kappa shape index (κ2) is 5.93. The van der Waals surface area contributed by atoms with Crippen molar-refractivity contribution in [3.63, 3.8) is 0 Å². The molecule has 0 N–H and O–H groups in total. The molecular formula is C15H16N2O4S2. The lowest BCUT2D eigenvalue weighted by Gasteiger charge is -2.29. The van der Waals surface area contributed by atoms with E-state index in [2.05, 4.69) is 4.98 Å². The van der Waals surface area contributed by atoms with E-state index in [9.17, 15) is 13.2 Å². The second-order valence-corrected chi connectivity index (χ2v) is 8.26. The zero-order chi connectivity index (χ0) is 16.6. The predicted octanol–water partition coefficient (Wildman–Crippen LogP) is 2.50. The molecule has 0 aliphatic carbocycles. The number of hydrogen-bond donors (Lipinski definition) is 0. The van der Waals surface area contributed by atoms with Crippen molar-refractivity contribution in [2.45, 2.75) is 24.0 Å². The Morgan fingerprint density at radius 2 is 2.17 bits per heavy atom. The Hall–Kier alpha value is -1.93. The first-order chi connectivity index (χ1) is 11.0. The highest BCUT2D eigenvalue weighted by atomic mass is 32.2. The number of Topliss-reactive ketones (excluding diaryl/α,β-unsaturated/α-hetero) is 1. The summed E-state index contributed by atoms with van der Waals surface area (Å²) in [5.41, 5.74) is 0.771. The number of anilines is 1. The third-order valence-corrected chi connectivity index (χ3v) is 7.09. The molecule has 0 spiro atoms. The number of carbonyl (C=O) groups is 1. The minimum Gasteiger partial charge on any atom is -0.497 e. The van der Waals surface area contributed by atoms with E-state index in [1.54, 1.807) is 18.2 Å². The first kappa shape index (κ1) is 15.9. The summed E-state index contributed by atoms with van der Waals surface area (Å²) in [5.74, 6) is 0.449. The van der Waals surface area contributed by atoms with Gasteiger partial charge in [-0.05, 0) is 18.6 Å². The van der Waals surface area contributed by atoms with Crippen LogP contribution in [0.15, 0.2) is 28.6 Å². The molecule has 0 atom stereocenters. The maximum atomic E-state index is 12.9. The Morgan fingerprint density at radius 1 is 1.39 bits per heavy atom. The average molecular weight is 352 g/mol. The SMILES string of the molecule is CCc1ncc(S(=O)(=O)N2CCC(=O)c3ccc(OC)cc32)s1. The molecular weight excluding hydrogens is 336 g/mol. The zero-order valence-electron chi connectivity index (χ0n) is 12.8. The van der Waals surface area contributed by atoms with E-state index in [1.807, 2.05) is 6.92 Å². The second-order valence-electron chi connectivity index (χ2n) is 5.06. The van der Waals surface area contributed by atoms with Crippen molar-refractivity contribution in [1.82, 2.24) is 4.98 Å². The van der Waals surface area contributed by atoms with Gasteiger partial charge < -0.3 is 4.74 Å². The summed E-state index contributed by atoms with van der Waals surface area (Å²) in [6.07, 6.45) is 2.23. The molecule has 3 rings (SSSR count). The van der Waals surface area contributed by atoms with Gasteiger partial charge >= 0.3 is 0 Å². The van der Waals surface area contributed by atoms with Crippen LogP contribution < -0.4 is 9.04 Å². The van der Waals surface area contributed by atoms with Gasteiger partial charge in [-0.25, -0.2) is 13.4 Å². The quantitative estimate of drug-likeness (QED) is 0.845. The molecule has 0 unspecified atom stereocenters. The molecule has 2 aromatic rings. The molecule has 6 nitrogen and oxygen atoms in total. The number of ketones is 1. The molecule has 0 saturated carbocycles. The third-order valence-electron chi connectivity index (χ3n) is 3.70. The van der Waals surface area contributed by atoms with Crippen molar-refractivity contribution in [2.24, 2.45) is 0 Å². The van der Waals surface area contributed by atoms with Crippen molar-refractivity contribution in [3.05, 3.63) is 35.0 Å². The van der Waals surface area contributed by atoms with Crippen LogP contribution in [-0.4, -0.2) is 32.8 Å². The Kier molecular flexibility index (Phi) is 4.11. The minimum absolute atomic E-state index is 0.0624. The van der Waals surface area contributed by atoms with E-state index in [0.29, 0.717) is 23.4 Å². The van der Waals surface area contributed by atoms with Crippen LogP contribution in [0.5, 0.6) is 5.75 Å². The molecule has 0 saturated heterocycles. The lowest BCUT2D eigenvalue weighted by Crippen LogP contribution is -2.37. The zero-order valence-corrected chi connectivity index (χ0v) is 14.4. The van der Waals surface area contributed by atoms with Crippen LogP contribution in [0.2, 0.25) is 0 Å². The molecule has 1 aromatic heterocycles. The summed E-state index contributed by atoms with van der Waals surface area (Å²) in [4.78, 5) is 16.2. The van der Waals surface area contributed by atoms with Gasteiger partial charge in [0, 0.05) is 24.6 Å². The van der Waals surface area contributed by atoms with Gasteiger partial charge in [0.05, 0.1) is 24.0 Å². The number of sulfonamides is 1. The first-order valence-electron chi connectivity index (χ1n) is 7.16. The van der Waals surface area contributed by atoms with E-state index in [4.69, 9.17) is 4.74 Å². The number of methoxy groups -OCH3 is 1. The van der Waals surface area contributed by atoms with Crippen LogP contribution in [0.25, 0.3) is 0 Å². The van der Waals surface area contributed by atoms with Gasteiger partial charge in [0.2, 0.25) is 0 Å². The highest BCUT2D eigenvalue weighted by Crippen LogP contribution is 2.35. The van der Waals surface area contributed by atoms with Crippen LogP contribution in [0, 0.1) is 0 Å². The summed E-state index contributed by atoms with van der Waals surface area (Å²) in [5, 5.41) is 0.766. The van der Waals surface area contributed by atoms with Gasteiger partial charge in [0.25, 0.3) is 10.0 Å². The number of aryl methyl sites for hydroxylation is 1. The molecule has 8 heteroatoms. The maximum absolute atomic E-state index is 12.9. The van der Waals surface area contributed by atoms with Gasteiger partial charge in [-0.2, -0.15) is 0 Å². The van der Waals surface area contributed by atoms with Crippen molar-refractivity contribution in [1.29, 1.82) is 0 Å². The number of hydrogen-bond acceptors (Lipinski definition) is 6. The molecule has 0 bridgehead atoms. The average Bonchev–Trinajstić information content (AvgIpc) is 3.04. The molecule has 1 aliphatic rings. The van der Waals surface area contributed by atoms with Gasteiger partial charge in [0.1, 0.15) is 5.75 Å². The maximum Gasteiger partial charge on any atom is 0.275 e. The highest BCUT2D eigenvalue weighted by molar-refractivity contribution is 7.94. The number of rotatable bonds is 4. The van der Waals surface area contributed by atoms with Crippen LogP contribution in [-0.2, 0) is 16.4 Å². The first-order valence-corrected chi connectivity index (χ1v) is 9.41. The van der Waals surface area contributed by atoms with Gasteiger partial charge in [-0.1, -0.05) is 6.92 Å². The standard InChI is InChI=1S/C15H16N2O4S2/c1-3-14-16-9-15(22-14)23(19,20)17-7-6-13(18)11-5-4-10(21-2)8-12(11)17/h4-5,8-9H,3,6-7H2,1-2H3. The lowest BCUT2D eigenvalue weighted by molar-refractivity contribution is 0.0982. The van der Waals surface area contributed by atoms with Gasteiger partial charge in [-0.15, -0.1) is 11.3 Å². The summed E-state index contributed by atoms with van der Waals surface area (Å²) in [6, 6.07) is 4.86. The smallest absolute Gasteiger partial charge is 0.275 e. The number of carbonyl (C=O) groups excluding carboxylic acids is 1. The van der Waals surface area contributed by atoms with Crippen molar-refractivity contribution < 1.29 is 17.9 Å². The fourth-order valence-electron chi connectivity index (χ4n) is 2.47. The van der Waals surface area contributed by atoms with Crippen molar-refractivity contribution in [3.8, 4) is 5.75 Å². The molecule has 1 aromatic carbocycles. The van der Waals surface area contributed by atoms with Crippen molar-refractivity contribution in [2.75, 3.05) is 18.0 Å². The molecule has 0 fully saturated rings. The number of ether oxygens (including phenoxy) is 1. The molecule has 2 heterocycles. The Balaban J connectivity index is 2.10. The number of aromatic nitrogens is 1. The van der Waals surface area contributed by atoms with E-state index >= 15 is 0 Å². The summed E-state index contributed by atoms with van der Waals surface area (Å²) < 4.78 is 32.5. The number of fused-ring (bicyclic) bond motifs is 1. The van der Waals surface area contributed by atoms with E-state index in [-0.39, 0.29) is 23.0 Å². The van der Waals surface area contributed by atoms with E-state index in [1.165, 1.54) is 17.6 Å². The monoisotopic (exact) mass is 352 g/mol. The fraction of sp³-hybridized carbons (Fsp3) is 0.333. The van der Waals surface area contributed by atoms with E-state index in [0.717, 1.165) is 16.3 Å². The lowest BCUT2D eigenvalue weighted by atomic mass is 10.0. The normalized spacial score (nSPS) is 14.7. The topological polar surface area (TPSA) is 76.6 Å². The summed E-state index contributed by atoms with van der Waals surface area (Å²) >= 11 is 1.16. The summed E-state index contributed by atoms with van der Waals surface area (Å²) in [7, 11) is -2.23. The highest BCUT2D eigenvalue weighted by Gasteiger charge is 2.33. The minimum atomic E-state index is -3.73. The molecule has 0 radical (unpaired) electrons. The van der Waals surface area contributed by atoms with Gasteiger partial charge in [0.15, 0.2) is 9.99 Å². The predicted molar refractivity (Wildman–Crippen MR) is 88.0 cm³/mol. The Morgan fingerprint density at radius 3 is 2.83 bits per heavy atom. The Bertz CT molecular complexity index is 858. The molecule has 1 aliphatic heterocycles.